The Morgan fingerprint density at radius 3 is 2.89 bits per heavy atom. The Morgan fingerprint density at radius 1 is 1.28 bits per heavy atom. The first-order valence-electron chi connectivity index (χ1n) is 6.29. The van der Waals surface area contributed by atoms with Crippen molar-refractivity contribution in [3.63, 3.8) is 0 Å². The van der Waals surface area contributed by atoms with Gasteiger partial charge < -0.3 is 10.6 Å². The molecule has 6 heteroatoms. The van der Waals surface area contributed by atoms with Gasteiger partial charge in [-0.25, -0.2) is 0 Å². The fourth-order valence-electron chi connectivity index (χ4n) is 2.03. The van der Waals surface area contributed by atoms with Crippen molar-refractivity contribution in [3.05, 3.63) is 17.3 Å². The van der Waals surface area contributed by atoms with Crippen molar-refractivity contribution in [2.45, 2.75) is 38.1 Å². The lowest BCUT2D eigenvalue weighted by atomic mass is 10.0. The highest BCUT2D eigenvalue weighted by Gasteiger charge is 2.19. The van der Waals surface area contributed by atoms with Crippen LogP contribution in [-0.2, 0) is 4.79 Å². The Balaban J connectivity index is 1.91. The van der Waals surface area contributed by atoms with E-state index < -0.39 is 0 Å². The van der Waals surface area contributed by atoms with Crippen LogP contribution in [0.3, 0.4) is 0 Å². The summed E-state index contributed by atoms with van der Waals surface area (Å²) in [6.07, 6.45) is 5.52. The second-order valence-electron chi connectivity index (χ2n) is 4.44. The van der Waals surface area contributed by atoms with E-state index in [2.05, 4.69) is 20.8 Å². The van der Waals surface area contributed by atoms with Crippen molar-refractivity contribution in [1.29, 1.82) is 0 Å². The van der Waals surface area contributed by atoms with Crippen molar-refractivity contribution in [3.8, 4) is 0 Å². The Labute approximate surface area is 111 Å². The number of nitrogens with one attached hydrogen (secondary N) is 2. The first-order chi connectivity index (χ1) is 8.75. The number of rotatable bonds is 2. The summed E-state index contributed by atoms with van der Waals surface area (Å²) >= 11 is 5.64. The van der Waals surface area contributed by atoms with Crippen molar-refractivity contribution in [2.75, 3.05) is 11.9 Å². The summed E-state index contributed by atoms with van der Waals surface area (Å²) in [4.78, 5) is 12.0. The number of halogens is 1. The molecular weight excluding hydrogens is 252 g/mol. The van der Waals surface area contributed by atoms with Gasteiger partial charge in [0.1, 0.15) is 0 Å². The van der Waals surface area contributed by atoms with Crippen LogP contribution in [0, 0.1) is 0 Å². The number of hydrogen-bond acceptors (Lipinski definition) is 4. The molecule has 98 valence electrons. The van der Waals surface area contributed by atoms with Gasteiger partial charge in [-0.15, -0.1) is 10.2 Å². The molecule has 18 heavy (non-hydrogen) atoms. The normalized spacial score (nSPS) is 20.8. The van der Waals surface area contributed by atoms with Gasteiger partial charge in [0.15, 0.2) is 11.0 Å². The summed E-state index contributed by atoms with van der Waals surface area (Å²) in [5, 5.41) is 13.8. The minimum Gasteiger partial charge on any atom is -0.308 e. The number of carbonyl (C=O) groups is 1. The predicted molar refractivity (Wildman–Crippen MR) is 70.5 cm³/mol. The molecule has 1 aromatic heterocycles. The maximum Gasteiger partial charge on any atom is 0.242 e. The Kier molecular flexibility index (Phi) is 4.90. The zero-order valence-corrected chi connectivity index (χ0v) is 10.9. The monoisotopic (exact) mass is 268 g/mol. The highest BCUT2D eigenvalue weighted by molar-refractivity contribution is 6.29. The SMILES string of the molecule is O=C(Nc1ccc(Cl)nn1)C1CCCCCCN1. The van der Waals surface area contributed by atoms with E-state index in [0.717, 1.165) is 25.8 Å². The molecule has 1 amide bonds. The minimum absolute atomic E-state index is 0.0477. The first-order valence-corrected chi connectivity index (χ1v) is 6.67. The Morgan fingerprint density at radius 2 is 2.11 bits per heavy atom. The van der Waals surface area contributed by atoms with Gasteiger partial charge in [-0.2, -0.15) is 0 Å². The van der Waals surface area contributed by atoms with E-state index in [1.165, 1.54) is 12.8 Å². The third kappa shape index (κ3) is 3.92. The molecule has 1 unspecified atom stereocenters. The first kappa shape index (κ1) is 13.2. The van der Waals surface area contributed by atoms with Crippen LogP contribution in [0.15, 0.2) is 12.1 Å². The maximum atomic E-state index is 12.0. The van der Waals surface area contributed by atoms with Gasteiger partial charge in [-0.05, 0) is 31.5 Å². The maximum absolute atomic E-state index is 12.0. The molecule has 2 heterocycles. The lowest BCUT2D eigenvalue weighted by molar-refractivity contribution is -0.118. The number of nitrogens with zero attached hydrogens (tertiary/aromatic N) is 2. The molecule has 0 spiro atoms. The van der Waals surface area contributed by atoms with E-state index in [1.807, 2.05) is 0 Å². The van der Waals surface area contributed by atoms with Gasteiger partial charge >= 0.3 is 0 Å². The Hall–Kier alpha value is -1.20. The Bertz CT molecular complexity index is 388. The van der Waals surface area contributed by atoms with Crippen molar-refractivity contribution in [1.82, 2.24) is 15.5 Å². The average Bonchev–Trinajstić information content (AvgIpc) is 2.31. The summed E-state index contributed by atoms with van der Waals surface area (Å²) < 4.78 is 0. The molecule has 1 saturated heterocycles. The molecule has 0 radical (unpaired) electrons. The van der Waals surface area contributed by atoms with Crippen LogP contribution in [0.5, 0.6) is 0 Å². The van der Waals surface area contributed by atoms with Crippen molar-refractivity contribution in [2.24, 2.45) is 0 Å². The zero-order chi connectivity index (χ0) is 12.8. The molecule has 1 aromatic rings. The third-order valence-corrected chi connectivity index (χ3v) is 3.21. The van der Waals surface area contributed by atoms with E-state index in [9.17, 15) is 4.79 Å². The zero-order valence-electron chi connectivity index (χ0n) is 10.2. The number of hydrogen-bond donors (Lipinski definition) is 2. The molecule has 1 fully saturated rings. The molecule has 1 atom stereocenters. The van der Waals surface area contributed by atoms with E-state index in [4.69, 9.17) is 11.6 Å². The number of carbonyl (C=O) groups excluding carboxylic acids is 1. The molecule has 1 aliphatic heterocycles. The summed E-state index contributed by atoms with van der Waals surface area (Å²) in [5.74, 6) is 0.391. The smallest absolute Gasteiger partial charge is 0.242 e. The molecule has 0 aromatic carbocycles. The number of amides is 1. The lowest BCUT2D eigenvalue weighted by Crippen LogP contribution is -2.41. The van der Waals surface area contributed by atoms with Crippen LogP contribution in [0.2, 0.25) is 5.15 Å². The number of aromatic nitrogens is 2. The van der Waals surface area contributed by atoms with Gasteiger partial charge in [0.25, 0.3) is 0 Å². The summed E-state index contributed by atoms with van der Waals surface area (Å²) in [6.45, 7) is 0.893. The van der Waals surface area contributed by atoms with Crippen LogP contribution in [0.4, 0.5) is 5.82 Å². The molecule has 2 rings (SSSR count). The van der Waals surface area contributed by atoms with E-state index in [0.29, 0.717) is 11.0 Å². The van der Waals surface area contributed by atoms with E-state index >= 15 is 0 Å². The molecule has 0 aliphatic carbocycles. The molecule has 1 aliphatic rings. The van der Waals surface area contributed by atoms with Gasteiger partial charge in [-0.3, -0.25) is 4.79 Å². The van der Waals surface area contributed by atoms with Crippen molar-refractivity contribution >= 4 is 23.3 Å². The molecular formula is C12H17ClN4O. The molecule has 5 nitrogen and oxygen atoms in total. The van der Waals surface area contributed by atoms with Gasteiger partial charge in [0.2, 0.25) is 5.91 Å². The quantitative estimate of drug-likeness (QED) is 0.861. The summed E-state index contributed by atoms with van der Waals surface area (Å²) in [6, 6.07) is 3.12. The van der Waals surface area contributed by atoms with Crippen LogP contribution >= 0.6 is 11.6 Å². The summed E-state index contributed by atoms with van der Waals surface area (Å²) in [7, 11) is 0. The van der Waals surface area contributed by atoms with Gasteiger partial charge in [-0.1, -0.05) is 30.9 Å². The summed E-state index contributed by atoms with van der Waals surface area (Å²) in [5.41, 5.74) is 0. The highest BCUT2D eigenvalue weighted by atomic mass is 35.5. The second kappa shape index (κ2) is 6.66. The number of anilines is 1. The van der Waals surface area contributed by atoms with Crippen LogP contribution in [0.1, 0.15) is 32.1 Å². The minimum atomic E-state index is -0.136. The average molecular weight is 269 g/mol. The van der Waals surface area contributed by atoms with Crippen molar-refractivity contribution < 1.29 is 4.79 Å². The topological polar surface area (TPSA) is 66.9 Å². The van der Waals surface area contributed by atoms with Crippen LogP contribution in [-0.4, -0.2) is 28.7 Å². The lowest BCUT2D eigenvalue weighted by Gasteiger charge is -2.20. The highest BCUT2D eigenvalue weighted by Crippen LogP contribution is 2.12. The largest absolute Gasteiger partial charge is 0.308 e. The van der Waals surface area contributed by atoms with E-state index in [-0.39, 0.29) is 11.9 Å². The van der Waals surface area contributed by atoms with Gasteiger partial charge in [0, 0.05) is 0 Å². The van der Waals surface area contributed by atoms with E-state index in [1.54, 1.807) is 12.1 Å². The van der Waals surface area contributed by atoms with Crippen LogP contribution < -0.4 is 10.6 Å². The fourth-order valence-corrected chi connectivity index (χ4v) is 2.13. The second-order valence-corrected chi connectivity index (χ2v) is 4.83. The molecule has 2 N–H and O–H groups in total. The fraction of sp³-hybridized carbons (Fsp3) is 0.583. The standard InChI is InChI=1S/C12H17ClN4O/c13-10-6-7-11(17-16-10)15-12(18)9-5-3-1-2-4-8-14-9/h6-7,9,14H,1-5,8H2,(H,15,17,18). The molecule has 0 bridgehead atoms. The third-order valence-electron chi connectivity index (χ3n) is 3.01. The van der Waals surface area contributed by atoms with Gasteiger partial charge in [0.05, 0.1) is 6.04 Å². The molecule has 0 saturated carbocycles. The predicted octanol–water partition coefficient (Wildman–Crippen LogP) is 1.99. The van der Waals surface area contributed by atoms with Crippen LogP contribution in [0.25, 0.3) is 0 Å².